The van der Waals surface area contributed by atoms with Gasteiger partial charge in [0.05, 0.1) is 17.4 Å². The van der Waals surface area contributed by atoms with Crippen LogP contribution in [0.3, 0.4) is 0 Å². The lowest BCUT2D eigenvalue weighted by molar-refractivity contribution is 0.806. The average molecular weight is 525 g/mol. The van der Waals surface area contributed by atoms with E-state index in [1.54, 1.807) is 0 Å². The Bertz CT molecular complexity index is 1860. The summed E-state index contributed by atoms with van der Waals surface area (Å²) in [6.07, 6.45) is 2.13. The maximum Gasteiger partial charge on any atom is 0.145 e. The van der Waals surface area contributed by atoms with Crippen LogP contribution in [-0.2, 0) is 0 Å². The highest BCUT2D eigenvalue weighted by Gasteiger charge is 2.24. The first-order valence-corrected chi connectivity index (χ1v) is 14.7. The molecule has 0 atom stereocenters. The zero-order chi connectivity index (χ0) is 28.3. The molecule has 0 spiro atoms. The summed E-state index contributed by atoms with van der Waals surface area (Å²) in [7, 11) is 0. The Balaban J connectivity index is 1.82. The van der Waals surface area contributed by atoms with Crippen molar-refractivity contribution in [1.82, 2.24) is 9.38 Å². The summed E-state index contributed by atoms with van der Waals surface area (Å²) in [6, 6.07) is 27.1. The third-order valence-corrected chi connectivity index (χ3v) is 8.66. The summed E-state index contributed by atoms with van der Waals surface area (Å²) in [6.45, 7) is 18.3. The van der Waals surface area contributed by atoms with Crippen LogP contribution >= 0.6 is 0 Å². The molecule has 0 radical (unpaired) electrons. The molecule has 6 aromatic rings. The van der Waals surface area contributed by atoms with E-state index in [4.69, 9.17) is 4.98 Å². The van der Waals surface area contributed by atoms with Gasteiger partial charge in [0.1, 0.15) is 5.65 Å². The van der Waals surface area contributed by atoms with Crippen LogP contribution in [0.2, 0.25) is 0 Å². The minimum atomic E-state index is 0.400. The van der Waals surface area contributed by atoms with E-state index < -0.39 is 0 Å². The highest BCUT2D eigenvalue weighted by atomic mass is 15.0. The Hall–Kier alpha value is -3.91. The molecule has 6 rings (SSSR count). The second kappa shape index (κ2) is 9.93. The van der Waals surface area contributed by atoms with Crippen molar-refractivity contribution in [2.24, 2.45) is 0 Å². The molecule has 40 heavy (non-hydrogen) atoms. The first-order valence-electron chi connectivity index (χ1n) is 14.7. The third-order valence-electron chi connectivity index (χ3n) is 8.66. The fourth-order valence-electron chi connectivity index (χ4n) is 6.29. The number of benzene rings is 4. The fourth-order valence-corrected chi connectivity index (χ4v) is 6.29. The van der Waals surface area contributed by atoms with E-state index in [9.17, 15) is 0 Å². The molecule has 0 aliphatic rings. The Kier molecular flexibility index (Phi) is 6.53. The van der Waals surface area contributed by atoms with E-state index in [-0.39, 0.29) is 0 Å². The number of imidazole rings is 1. The molecule has 4 aromatic carbocycles. The number of nitrogens with zero attached hydrogens (tertiary/aromatic N) is 2. The van der Waals surface area contributed by atoms with E-state index in [0.29, 0.717) is 17.8 Å². The molecule has 0 N–H and O–H groups in total. The third kappa shape index (κ3) is 4.13. The summed E-state index contributed by atoms with van der Waals surface area (Å²) >= 11 is 0. The van der Waals surface area contributed by atoms with Crippen LogP contribution in [0.5, 0.6) is 0 Å². The monoisotopic (exact) mass is 524 g/mol. The van der Waals surface area contributed by atoms with Crippen molar-refractivity contribution in [3.8, 4) is 22.4 Å². The number of hydrogen-bond acceptors (Lipinski definition) is 1. The Labute approximate surface area is 238 Å². The molecule has 0 saturated carbocycles. The van der Waals surface area contributed by atoms with E-state index in [1.165, 1.54) is 71.9 Å². The van der Waals surface area contributed by atoms with Crippen molar-refractivity contribution < 1.29 is 0 Å². The topological polar surface area (TPSA) is 17.3 Å². The van der Waals surface area contributed by atoms with Crippen LogP contribution in [0.1, 0.15) is 87.1 Å². The van der Waals surface area contributed by atoms with Crippen molar-refractivity contribution in [2.75, 3.05) is 0 Å². The van der Waals surface area contributed by atoms with Gasteiger partial charge in [0, 0.05) is 21.7 Å². The van der Waals surface area contributed by atoms with Crippen LogP contribution in [0, 0.1) is 13.8 Å². The van der Waals surface area contributed by atoms with E-state index in [0.717, 1.165) is 5.65 Å². The Morgan fingerprint density at radius 3 is 1.93 bits per heavy atom. The van der Waals surface area contributed by atoms with E-state index >= 15 is 0 Å². The van der Waals surface area contributed by atoms with Gasteiger partial charge in [0.2, 0.25) is 0 Å². The molecular formula is C38H40N2. The van der Waals surface area contributed by atoms with Gasteiger partial charge in [-0.15, -0.1) is 0 Å². The lowest BCUT2D eigenvalue weighted by Crippen LogP contribution is -2.05. The van der Waals surface area contributed by atoms with Crippen LogP contribution in [-0.4, -0.2) is 9.38 Å². The predicted molar refractivity (Wildman–Crippen MR) is 173 cm³/mol. The molecule has 0 fully saturated rings. The Morgan fingerprint density at radius 2 is 1.30 bits per heavy atom. The number of rotatable bonds is 5. The largest absolute Gasteiger partial charge is 0.292 e. The van der Waals surface area contributed by atoms with Gasteiger partial charge in [-0.2, -0.15) is 0 Å². The number of pyridine rings is 1. The highest BCUT2D eigenvalue weighted by Crippen LogP contribution is 2.43. The second-order valence-electron chi connectivity index (χ2n) is 12.4. The van der Waals surface area contributed by atoms with Crippen LogP contribution in [0.4, 0.5) is 0 Å². The molecular weight excluding hydrogens is 484 g/mol. The minimum Gasteiger partial charge on any atom is -0.292 e. The van der Waals surface area contributed by atoms with Gasteiger partial charge in [-0.25, -0.2) is 4.98 Å². The lowest BCUT2D eigenvalue weighted by Gasteiger charge is -2.23. The zero-order valence-electron chi connectivity index (χ0n) is 25.1. The van der Waals surface area contributed by atoms with Crippen LogP contribution in [0.25, 0.3) is 49.7 Å². The normalized spacial score (nSPS) is 12.2. The second-order valence-corrected chi connectivity index (χ2v) is 12.4. The predicted octanol–water partition coefficient (Wildman–Crippen LogP) is 11.0. The molecule has 0 unspecified atom stereocenters. The van der Waals surface area contributed by atoms with Crippen LogP contribution in [0.15, 0.2) is 79.0 Å². The smallest absolute Gasteiger partial charge is 0.145 e. The van der Waals surface area contributed by atoms with Crippen molar-refractivity contribution in [1.29, 1.82) is 0 Å². The SMILES string of the molecule is Cc1cc2c3c(-c4ccccc4)cccc3c3ncc(-c4c(C(C)C)cc(C(C)C)cc4C(C)C)n3c2cc1C. The summed E-state index contributed by atoms with van der Waals surface area (Å²) in [5.41, 5.74) is 14.1. The van der Waals surface area contributed by atoms with Gasteiger partial charge < -0.3 is 0 Å². The Morgan fingerprint density at radius 1 is 0.650 bits per heavy atom. The quantitative estimate of drug-likeness (QED) is 0.205. The van der Waals surface area contributed by atoms with Crippen molar-refractivity contribution >= 4 is 27.3 Å². The minimum absolute atomic E-state index is 0.400. The first kappa shape index (κ1) is 26.3. The molecule has 2 aromatic heterocycles. The fraction of sp³-hybridized carbons (Fsp3) is 0.289. The summed E-state index contributed by atoms with van der Waals surface area (Å²) in [5, 5.41) is 3.75. The van der Waals surface area contributed by atoms with Gasteiger partial charge in [0.25, 0.3) is 0 Å². The summed E-state index contributed by atoms with van der Waals surface area (Å²) < 4.78 is 2.45. The van der Waals surface area contributed by atoms with Gasteiger partial charge in [-0.1, -0.05) is 102 Å². The zero-order valence-corrected chi connectivity index (χ0v) is 25.1. The average Bonchev–Trinajstić information content (AvgIpc) is 3.38. The van der Waals surface area contributed by atoms with E-state index in [1.807, 2.05) is 0 Å². The molecule has 0 aliphatic heterocycles. The maximum atomic E-state index is 5.18. The van der Waals surface area contributed by atoms with Gasteiger partial charge in [0.15, 0.2) is 0 Å². The van der Waals surface area contributed by atoms with Crippen molar-refractivity contribution in [3.05, 3.63) is 107 Å². The summed E-state index contributed by atoms with van der Waals surface area (Å²) in [5.74, 6) is 1.28. The van der Waals surface area contributed by atoms with Crippen LogP contribution < -0.4 is 0 Å². The molecule has 0 amide bonds. The molecule has 2 heteroatoms. The maximum absolute atomic E-state index is 5.18. The highest BCUT2D eigenvalue weighted by molar-refractivity contribution is 6.18. The number of fused-ring (bicyclic) bond motifs is 6. The molecule has 202 valence electrons. The van der Waals surface area contributed by atoms with Gasteiger partial charge in [-0.05, 0) is 82.7 Å². The van der Waals surface area contributed by atoms with Crippen molar-refractivity contribution in [2.45, 2.75) is 73.1 Å². The molecule has 0 saturated heterocycles. The number of aromatic nitrogens is 2. The first-order chi connectivity index (χ1) is 19.2. The van der Waals surface area contributed by atoms with Gasteiger partial charge >= 0.3 is 0 Å². The molecule has 0 bridgehead atoms. The summed E-state index contributed by atoms with van der Waals surface area (Å²) in [4.78, 5) is 5.18. The van der Waals surface area contributed by atoms with Gasteiger partial charge in [-0.3, -0.25) is 4.40 Å². The standard InChI is InChI=1S/C38H40N2/c1-22(2)28-19-31(23(3)4)37(32(20-28)24(5)6)35-21-39-38-30-16-12-15-29(27-13-10-9-11-14-27)36(30)33-17-25(7)26(8)18-34(33)40(35)38/h9-24H,1-8H3. The molecule has 2 heterocycles. The number of hydrogen-bond donors (Lipinski definition) is 0. The van der Waals surface area contributed by atoms with E-state index in [2.05, 4.69) is 139 Å². The lowest BCUT2D eigenvalue weighted by atomic mass is 9.83. The number of aryl methyl sites for hydroxylation is 2. The van der Waals surface area contributed by atoms with Crippen molar-refractivity contribution in [3.63, 3.8) is 0 Å². The molecule has 2 nitrogen and oxygen atoms in total. The molecule has 0 aliphatic carbocycles.